The number of imidazole rings is 1. The summed E-state index contributed by atoms with van der Waals surface area (Å²) in [6.45, 7) is 2.11. The molecule has 1 fully saturated rings. The Morgan fingerprint density at radius 2 is 1.71 bits per heavy atom. The van der Waals surface area contributed by atoms with E-state index in [0.717, 1.165) is 36.4 Å². The van der Waals surface area contributed by atoms with Crippen LogP contribution in [0.25, 0.3) is 11.0 Å². The summed E-state index contributed by atoms with van der Waals surface area (Å²) in [7, 11) is 0. The van der Waals surface area contributed by atoms with Gasteiger partial charge in [0.2, 0.25) is 0 Å². The van der Waals surface area contributed by atoms with Gasteiger partial charge >= 0.3 is 0 Å². The fourth-order valence-corrected chi connectivity index (χ4v) is 5.21. The lowest BCUT2D eigenvalue weighted by Gasteiger charge is -2.32. The van der Waals surface area contributed by atoms with Gasteiger partial charge in [-0.05, 0) is 67.0 Å². The van der Waals surface area contributed by atoms with Crippen molar-refractivity contribution >= 4 is 11.0 Å². The number of hydrogen-bond donors (Lipinski definition) is 4. The molecule has 0 amide bonds. The summed E-state index contributed by atoms with van der Waals surface area (Å²) in [6.07, 6.45) is 9.24. The smallest absolute Gasteiger partial charge is 0.138 e. The zero-order chi connectivity index (χ0) is 23.9. The van der Waals surface area contributed by atoms with Crippen molar-refractivity contribution in [2.24, 2.45) is 5.92 Å². The number of H-pyrrole nitrogens is 1. The third-order valence-electron chi connectivity index (χ3n) is 7.19. The largest absolute Gasteiger partial charge is 0.506 e. The predicted octanol–water partition coefficient (Wildman–Crippen LogP) is 5.23. The third-order valence-corrected chi connectivity index (χ3v) is 7.19. The number of aromatic amines is 1. The summed E-state index contributed by atoms with van der Waals surface area (Å²) in [5.74, 6) is 1.97. The zero-order valence-electron chi connectivity index (χ0n) is 20.2. The van der Waals surface area contributed by atoms with Crippen LogP contribution in [0.4, 0.5) is 0 Å². The van der Waals surface area contributed by atoms with E-state index in [-0.39, 0.29) is 5.75 Å². The van der Waals surface area contributed by atoms with Crippen molar-refractivity contribution in [1.29, 1.82) is 0 Å². The predicted molar refractivity (Wildman–Crippen MR) is 140 cm³/mol. The molecule has 2 heterocycles. The van der Waals surface area contributed by atoms with Crippen LogP contribution in [0.3, 0.4) is 0 Å². The molecule has 2 atom stereocenters. The molecular formula is C29H35N5O. The van der Waals surface area contributed by atoms with E-state index in [1.807, 2.05) is 12.1 Å². The minimum absolute atomic E-state index is 0.239. The van der Waals surface area contributed by atoms with Crippen molar-refractivity contribution in [1.82, 2.24) is 25.6 Å². The molecule has 0 aliphatic heterocycles. The lowest BCUT2D eigenvalue weighted by Crippen LogP contribution is -2.38. The fraction of sp³-hybridized carbons (Fsp3) is 0.379. The molecule has 1 saturated carbocycles. The average molecular weight is 470 g/mol. The molecule has 1 aliphatic carbocycles. The van der Waals surface area contributed by atoms with Gasteiger partial charge in [-0.3, -0.25) is 4.98 Å². The van der Waals surface area contributed by atoms with Crippen molar-refractivity contribution in [2.75, 3.05) is 0 Å². The quantitative estimate of drug-likeness (QED) is 0.255. The Labute approximate surface area is 207 Å². The van der Waals surface area contributed by atoms with Crippen LogP contribution in [0.15, 0.2) is 66.9 Å². The number of aromatic hydroxyl groups is 1. The molecule has 0 spiro atoms. The molecule has 6 nitrogen and oxygen atoms in total. The van der Waals surface area contributed by atoms with Crippen LogP contribution in [0.2, 0.25) is 0 Å². The molecule has 4 aromatic rings. The molecule has 1 unspecified atom stereocenters. The van der Waals surface area contributed by atoms with E-state index in [1.54, 1.807) is 18.3 Å². The Bertz CT molecular complexity index is 1190. The van der Waals surface area contributed by atoms with Gasteiger partial charge in [-0.25, -0.2) is 4.98 Å². The van der Waals surface area contributed by atoms with Crippen molar-refractivity contribution in [3.05, 3.63) is 89.5 Å². The molecule has 1 aliphatic rings. The van der Waals surface area contributed by atoms with Gasteiger partial charge in [0.1, 0.15) is 11.6 Å². The zero-order valence-corrected chi connectivity index (χ0v) is 20.2. The second-order valence-electron chi connectivity index (χ2n) is 9.66. The van der Waals surface area contributed by atoms with Crippen LogP contribution in [0.1, 0.15) is 54.7 Å². The highest BCUT2D eigenvalue weighted by molar-refractivity contribution is 5.74. The highest BCUT2D eigenvalue weighted by Gasteiger charge is 2.24. The Kier molecular flexibility index (Phi) is 7.71. The molecule has 6 heteroatoms. The maximum absolute atomic E-state index is 9.84. The van der Waals surface area contributed by atoms with Gasteiger partial charge in [0, 0.05) is 25.3 Å². The monoisotopic (exact) mass is 469 g/mol. The van der Waals surface area contributed by atoms with Crippen molar-refractivity contribution in [2.45, 2.75) is 64.2 Å². The molecule has 2 aromatic heterocycles. The summed E-state index contributed by atoms with van der Waals surface area (Å²) in [6, 6.07) is 21.1. The minimum atomic E-state index is 0.239. The average Bonchev–Trinajstić information content (AvgIpc) is 3.32. The Morgan fingerprint density at radius 3 is 2.57 bits per heavy atom. The minimum Gasteiger partial charge on any atom is -0.506 e. The van der Waals surface area contributed by atoms with Gasteiger partial charge in [0.05, 0.1) is 23.3 Å². The first-order valence-corrected chi connectivity index (χ1v) is 12.8. The standard InChI is InChI=1S/C29H35N5O/c35-28-10-5-17-31-27(28)19-30-18-22-13-11-21(12-14-22)15-16-23-6-1-2-7-24(23)32-20-29-33-25-8-3-4-9-26(25)34-29/h3-5,8-14,17,23-24,30,32,35H,1-2,6-7,15-16,18-20H2,(H,33,34)/t23?,24-/m1/s1. The van der Waals surface area contributed by atoms with E-state index in [2.05, 4.69) is 57.0 Å². The topological polar surface area (TPSA) is 85.9 Å². The van der Waals surface area contributed by atoms with Crippen LogP contribution in [-0.2, 0) is 26.1 Å². The molecule has 35 heavy (non-hydrogen) atoms. The molecule has 182 valence electrons. The highest BCUT2D eigenvalue weighted by atomic mass is 16.3. The maximum atomic E-state index is 9.84. The Hall–Kier alpha value is -3.22. The molecule has 4 N–H and O–H groups in total. The van der Waals surface area contributed by atoms with Gasteiger partial charge in [-0.2, -0.15) is 0 Å². The van der Waals surface area contributed by atoms with Crippen LogP contribution in [0, 0.1) is 5.92 Å². The summed E-state index contributed by atoms with van der Waals surface area (Å²) in [5, 5.41) is 17.0. The number of para-hydroxylation sites is 2. The molecule has 0 bridgehead atoms. The molecule has 5 rings (SSSR count). The summed E-state index contributed by atoms with van der Waals surface area (Å²) in [5.41, 5.74) is 5.47. The number of benzene rings is 2. The lowest BCUT2D eigenvalue weighted by atomic mass is 9.81. The van der Waals surface area contributed by atoms with Crippen LogP contribution in [-0.4, -0.2) is 26.1 Å². The molecule has 0 radical (unpaired) electrons. The van der Waals surface area contributed by atoms with Crippen molar-refractivity contribution < 1.29 is 5.11 Å². The maximum Gasteiger partial charge on any atom is 0.138 e. The number of nitrogens with one attached hydrogen (secondary N) is 3. The molecule has 0 saturated heterocycles. The number of pyridine rings is 1. The van der Waals surface area contributed by atoms with Gasteiger partial charge in [-0.1, -0.05) is 49.2 Å². The first-order chi connectivity index (χ1) is 17.2. The van der Waals surface area contributed by atoms with Crippen molar-refractivity contribution in [3.63, 3.8) is 0 Å². The van der Waals surface area contributed by atoms with Crippen LogP contribution < -0.4 is 10.6 Å². The van der Waals surface area contributed by atoms with E-state index < -0.39 is 0 Å². The summed E-state index contributed by atoms with van der Waals surface area (Å²) >= 11 is 0. The number of aryl methyl sites for hydroxylation is 1. The first kappa shape index (κ1) is 23.5. The van der Waals surface area contributed by atoms with Gasteiger partial charge in [-0.15, -0.1) is 0 Å². The third kappa shape index (κ3) is 6.27. The number of rotatable bonds is 10. The van der Waals surface area contributed by atoms with E-state index in [1.165, 1.54) is 43.2 Å². The Balaban J connectivity index is 1.09. The number of hydrogen-bond acceptors (Lipinski definition) is 5. The van der Waals surface area contributed by atoms with Crippen molar-refractivity contribution in [3.8, 4) is 5.75 Å². The second kappa shape index (κ2) is 11.5. The van der Waals surface area contributed by atoms with E-state index in [4.69, 9.17) is 4.98 Å². The Morgan fingerprint density at radius 1 is 0.886 bits per heavy atom. The van der Waals surface area contributed by atoms with E-state index in [0.29, 0.717) is 24.2 Å². The summed E-state index contributed by atoms with van der Waals surface area (Å²) in [4.78, 5) is 12.4. The van der Waals surface area contributed by atoms with E-state index >= 15 is 0 Å². The van der Waals surface area contributed by atoms with Gasteiger partial charge < -0.3 is 20.7 Å². The summed E-state index contributed by atoms with van der Waals surface area (Å²) < 4.78 is 0. The fourth-order valence-electron chi connectivity index (χ4n) is 5.21. The number of fused-ring (bicyclic) bond motifs is 1. The molecule has 2 aromatic carbocycles. The number of aromatic nitrogens is 3. The van der Waals surface area contributed by atoms with Gasteiger partial charge in [0.15, 0.2) is 0 Å². The van der Waals surface area contributed by atoms with Crippen LogP contribution in [0.5, 0.6) is 5.75 Å². The van der Waals surface area contributed by atoms with Gasteiger partial charge in [0.25, 0.3) is 0 Å². The molecular weight excluding hydrogens is 434 g/mol. The van der Waals surface area contributed by atoms with Crippen LogP contribution >= 0.6 is 0 Å². The normalized spacial score (nSPS) is 18.2. The number of nitrogens with zero attached hydrogens (tertiary/aromatic N) is 2. The second-order valence-corrected chi connectivity index (χ2v) is 9.66. The van der Waals surface area contributed by atoms with E-state index in [9.17, 15) is 5.11 Å². The first-order valence-electron chi connectivity index (χ1n) is 12.8. The highest BCUT2D eigenvalue weighted by Crippen LogP contribution is 2.29. The lowest BCUT2D eigenvalue weighted by molar-refractivity contribution is 0.247. The SMILES string of the molecule is Oc1cccnc1CNCc1ccc(CCC2CCCC[C@H]2NCc2nc3ccccc3[nH]2)cc1.